The zero-order chi connectivity index (χ0) is 17.1. The van der Waals surface area contributed by atoms with Crippen molar-refractivity contribution in [2.24, 2.45) is 7.05 Å². The first-order valence-corrected chi connectivity index (χ1v) is 8.18. The number of hydrogen-bond acceptors (Lipinski definition) is 4. The molecule has 3 rings (SSSR count). The van der Waals surface area contributed by atoms with Gasteiger partial charge in [-0.2, -0.15) is 0 Å². The summed E-state index contributed by atoms with van der Waals surface area (Å²) in [5.41, 5.74) is 2.91. The molecular formula is C17H22N4O3. The van der Waals surface area contributed by atoms with Crippen LogP contribution in [0.5, 0.6) is 0 Å². The van der Waals surface area contributed by atoms with Crippen molar-refractivity contribution >= 4 is 23.0 Å². The van der Waals surface area contributed by atoms with Crippen LogP contribution in [0.2, 0.25) is 0 Å². The number of hydrogen-bond donors (Lipinski definition) is 0. The second-order valence-electron chi connectivity index (χ2n) is 5.92. The minimum atomic E-state index is -0.301. The Labute approximate surface area is 140 Å². The largest absolute Gasteiger partial charge is 0.450 e. The Hall–Kier alpha value is -2.57. The molecule has 128 valence electrons. The van der Waals surface area contributed by atoms with E-state index in [1.54, 1.807) is 23.1 Å². The number of aromatic nitrogens is 2. The topological polar surface area (TPSA) is 67.7 Å². The molecule has 0 radical (unpaired) electrons. The highest BCUT2D eigenvalue weighted by atomic mass is 16.6. The van der Waals surface area contributed by atoms with Crippen molar-refractivity contribution in [2.45, 2.75) is 13.3 Å². The fourth-order valence-corrected chi connectivity index (χ4v) is 2.93. The molecule has 0 bridgehead atoms. The molecule has 0 N–H and O–H groups in total. The van der Waals surface area contributed by atoms with Gasteiger partial charge in [-0.25, -0.2) is 9.78 Å². The van der Waals surface area contributed by atoms with Crippen molar-refractivity contribution in [1.82, 2.24) is 19.4 Å². The van der Waals surface area contributed by atoms with Gasteiger partial charge >= 0.3 is 6.09 Å². The lowest BCUT2D eigenvalue weighted by Gasteiger charge is -2.34. The summed E-state index contributed by atoms with van der Waals surface area (Å²) in [7, 11) is 1.95. The van der Waals surface area contributed by atoms with E-state index < -0.39 is 0 Å². The van der Waals surface area contributed by atoms with Crippen LogP contribution in [0.15, 0.2) is 24.5 Å². The minimum Gasteiger partial charge on any atom is -0.450 e. The Morgan fingerprint density at radius 3 is 2.58 bits per heavy atom. The SMILES string of the molecule is CCOC(=O)N1CCN(C(=O)Cc2ccc3c(c2)ncn3C)CC1. The third-order valence-corrected chi connectivity index (χ3v) is 4.30. The number of aryl methyl sites for hydroxylation is 1. The molecule has 0 aliphatic carbocycles. The molecule has 0 saturated carbocycles. The Bertz CT molecular complexity index is 747. The summed E-state index contributed by atoms with van der Waals surface area (Å²) in [6, 6.07) is 5.92. The lowest BCUT2D eigenvalue weighted by Crippen LogP contribution is -2.51. The molecule has 0 spiro atoms. The van der Waals surface area contributed by atoms with Crippen LogP contribution in [0.25, 0.3) is 11.0 Å². The fraction of sp³-hybridized carbons (Fsp3) is 0.471. The van der Waals surface area contributed by atoms with Crippen LogP contribution >= 0.6 is 0 Å². The lowest BCUT2D eigenvalue weighted by atomic mass is 10.1. The molecule has 0 unspecified atom stereocenters. The highest BCUT2D eigenvalue weighted by Crippen LogP contribution is 2.15. The van der Waals surface area contributed by atoms with E-state index in [1.807, 2.05) is 29.8 Å². The minimum absolute atomic E-state index is 0.0776. The van der Waals surface area contributed by atoms with Crippen molar-refractivity contribution in [3.63, 3.8) is 0 Å². The molecule has 1 aromatic heterocycles. The zero-order valence-electron chi connectivity index (χ0n) is 14.1. The van der Waals surface area contributed by atoms with Gasteiger partial charge in [-0.1, -0.05) is 6.07 Å². The third kappa shape index (κ3) is 3.34. The van der Waals surface area contributed by atoms with Crippen LogP contribution in [-0.2, 0) is 23.0 Å². The summed E-state index contributed by atoms with van der Waals surface area (Å²) in [5.74, 6) is 0.0776. The number of nitrogens with zero attached hydrogens (tertiary/aromatic N) is 4. The van der Waals surface area contributed by atoms with Crippen molar-refractivity contribution in [2.75, 3.05) is 32.8 Å². The van der Waals surface area contributed by atoms with Crippen LogP contribution in [0.1, 0.15) is 12.5 Å². The normalized spacial score (nSPS) is 14.9. The van der Waals surface area contributed by atoms with E-state index >= 15 is 0 Å². The van der Waals surface area contributed by atoms with E-state index in [0.29, 0.717) is 39.2 Å². The maximum absolute atomic E-state index is 12.5. The van der Waals surface area contributed by atoms with Crippen LogP contribution in [0, 0.1) is 0 Å². The standard InChI is InChI=1S/C17H22N4O3/c1-3-24-17(23)21-8-6-20(7-9-21)16(22)11-13-4-5-15-14(10-13)18-12-19(15)2/h4-5,10,12H,3,6-9,11H2,1-2H3. The van der Waals surface area contributed by atoms with Gasteiger partial charge < -0.3 is 19.1 Å². The van der Waals surface area contributed by atoms with Gasteiger partial charge in [-0.3, -0.25) is 4.79 Å². The van der Waals surface area contributed by atoms with Gasteiger partial charge in [0, 0.05) is 33.2 Å². The molecule has 2 amide bonds. The average Bonchev–Trinajstić information content (AvgIpc) is 2.96. The van der Waals surface area contributed by atoms with Crippen LogP contribution < -0.4 is 0 Å². The predicted octanol–water partition coefficient (Wildman–Crippen LogP) is 1.42. The molecule has 1 aliphatic rings. The van der Waals surface area contributed by atoms with Gasteiger partial charge in [0.25, 0.3) is 0 Å². The average molecular weight is 330 g/mol. The number of piperazine rings is 1. The second kappa shape index (κ2) is 6.90. The van der Waals surface area contributed by atoms with Crippen LogP contribution in [0.4, 0.5) is 4.79 Å². The summed E-state index contributed by atoms with van der Waals surface area (Å²) in [4.78, 5) is 31.9. The van der Waals surface area contributed by atoms with Crippen LogP contribution in [-0.4, -0.2) is 64.1 Å². The summed E-state index contributed by atoms with van der Waals surface area (Å²) in [6.45, 7) is 4.28. The smallest absolute Gasteiger partial charge is 0.409 e. The van der Waals surface area contributed by atoms with Gasteiger partial charge in [0.2, 0.25) is 5.91 Å². The first kappa shape index (κ1) is 16.3. The highest BCUT2D eigenvalue weighted by molar-refractivity contribution is 5.82. The van der Waals surface area contributed by atoms with E-state index in [0.717, 1.165) is 16.6 Å². The number of carbonyl (C=O) groups excluding carboxylic acids is 2. The Kier molecular flexibility index (Phi) is 4.69. The quantitative estimate of drug-likeness (QED) is 0.853. The molecule has 1 saturated heterocycles. The Balaban J connectivity index is 1.58. The Morgan fingerprint density at radius 1 is 1.17 bits per heavy atom. The van der Waals surface area contributed by atoms with E-state index in [4.69, 9.17) is 4.74 Å². The van der Waals surface area contributed by atoms with Gasteiger partial charge in [-0.05, 0) is 24.6 Å². The fourth-order valence-electron chi connectivity index (χ4n) is 2.93. The molecule has 2 aromatic rings. The van der Waals surface area contributed by atoms with Gasteiger partial charge in [-0.15, -0.1) is 0 Å². The summed E-state index contributed by atoms with van der Waals surface area (Å²) in [5, 5.41) is 0. The van der Waals surface area contributed by atoms with Crippen molar-refractivity contribution in [1.29, 1.82) is 0 Å². The summed E-state index contributed by atoms with van der Waals surface area (Å²) < 4.78 is 6.94. The molecule has 2 heterocycles. The highest BCUT2D eigenvalue weighted by Gasteiger charge is 2.24. The maximum Gasteiger partial charge on any atom is 0.409 e. The van der Waals surface area contributed by atoms with E-state index in [9.17, 15) is 9.59 Å². The summed E-state index contributed by atoms with van der Waals surface area (Å²) >= 11 is 0. The van der Waals surface area contributed by atoms with E-state index in [-0.39, 0.29) is 12.0 Å². The first-order valence-electron chi connectivity index (χ1n) is 8.18. The number of benzene rings is 1. The molecule has 0 atom stereocenters. The van der Waals surface area contributed by atoms with Gasteiger partial charge in [0.15, 0.2) is 0 Å². The molecular weight excluding hydrogens is 308 g/mol. The van der Waals surface area contributed by atoms with Crippen LogP contribution in [0.3, 0.4) is 0 Å². The third-order valence-electron chi connectivity index (χ3n) is 4.30. The van der Waals surface area contributed by atoms with Gasteiger partial charge in [0.05, 0.1) is 30.4 Å². The van der Waals surface area contributed by atoms with Crippen molar-refractivity contribution < 1.29 is 14.3 Å². The number of imidazole rings is 1. The molecule has 1 aliphatic heterocycles. The molecule has 7 nitrogen and oxygen atoms in total. The van der Waals surface area contributed by atoms with E-state index in [1.165, 1.54) is 0 Å². The molecule has 7 heteroatoms. The number of ether oxygens (including phenoxy) is 1. The molecule has 1 aromatic carbocycles. The number of fused-ring (bicyclic) bond motifs is 1. The zero-order valence-corrected chi connectivity index (χ0v) is 14.1. The van der Waals surface area contributed by atoms with Gasteiger partial charge in [0.1, 0.15) is 0 Å². The second-order valence-corrected chi connectivity index (χ2v) is 5.92. The predicted molar refractivity (Wildman–Crippen MR) is 89.6 cm³/mol. The Morgan fingerprint density at radius 2 is 1.88 bits per heavy atom. The van der Waals surface area contributed by atoms with Crippen molar-refractivity contribution in [3.05, 3.63) is 30.1 Å². The first-order chi connectivity index (χ1) is 11.6. The summed E-state index contributed by atoms with van der Waals surface area (Å²) in [6.07, 6.45) is 1.82. The maximum atomic E-state index is 12.5. The monoisotopic (exact) mass is 330 g/mol. The number of rotatable bonds is 3. The lowest BCUT2D eigenvalue weighted by molar-refractivity contribution is -0.132. The van der Waals surface area contributed by atoms with Crippen molar-refractivity contribution in [3.8, 4) is 0 Å². The number of carbonyl (C=O) groups is 2. The van der Waals surface area contributed by atoms with E-state index in [2.05, 4.69) is 4.98 Å². The number of amides is 2. The molecule has 24 heavy (non-hydrogen) atoms. The molecule has 1 fully saturated rings.